The molecular weight excluding hydrogens is 330 g/mol. The molecule has 0 aliphatic heterocycles. The maximum atomic E-state index is 12.7. The number of aryl methyl sites for hydroxylation is 1. The van der Waals surface area contributed by atoms with Crippen LogP contribution in [0.2, 0.25) is 0 Å². The molecule has 1 heterocycles. The molecule has 1 aromatic heterocycles. The Morgan fingerprint density at radius 2 is 1.96 bits per heavy atom. The molecule has 0 spiro atoms. The van der Waals surface area contributed by atoms with Gasteiger partial charge in [-0.15, -0.1) is 0 Å². The van der Waals surface area contributed by atoms with E-state index in [0.717, 1.165) is 11.3 Å². The Bertz CT molecular complexity index is 978. The topological polar surface area (TPSA) is 73.2 Å². The number of aromatic nitrogens is 2. The first-order chi connectivity index (χ1) is 12.6. The van der Waals surface area contributed by atoms with Crippen molar-refractivity contribution >= 4 is 11.7 Å². The number of nitrogens with one attached hydrogen (secondary N) is 1. The summed E-state index contributed by atoms with van der Waals surface area (Å²) in [4.78, 5) is 29.0. The lowest BCUT2D eigenvalue weighted by molar-refractivity contribution is 0.102. The largest absolute Gasteiger partial charge is 0.494 e. The highest BCUT2D eigenvalue weighted by Crippen LogP contribution is 2.14. The number of hydrogen-bond donors (Lipinski definition) is 1. The third kappa shape index (κ3) is 3.80. The van der Waals surface area contributed by atoms with Gasteiger partial charge >= 0.3 is 0 Å². The third-order valence-corrected chi connectivity index (χ3v) is 3.78. The molecule has 0 radical (unpaired) electrons. The maximum absolute atomic E-state index is 12.7. The van der Waals surface area contributed by atoms with Gasteiger partial charge in [0.1, 0.15) is 5.75 Å². The molecule has 0 fully saturated rings. The monoisotopic (exact) mass is 349 g/mol. The van der Waals surface area contributed by atoms with Crippen molar-refractivity contribution in [1.29, 1.82) is 0 Å². The van der Waals surface area contributed by atoms with Gasteiger partial charge < -0.3 is 10.1 Å². The lowest BCUT2D eigenvalue weighted by atomic mass is 10.1. The molecule has 6 nitrogen and oxygen atoms in total. The summed E-state index contributed by atoms with van der Waals surface area (Å²) in [6.07, 6.45) is 3.03. The molecule has 0 unspecified atom stereocenters. The van der Waals surface area contributed by atoms with E-state index in [9.17, 15) is 9.59 Å². The van der Waals surface area contributed by atoms with Crippen molar-refractivity contribution in [3.63, 3.8) is 0 Å². The van der Waals surface area contributed by atoms with E-state index in [1.54, 1.807) is 48.7 Å². The Morgan fingerprint density at radius 3 is 2.65 bits per heavy atom. The van der Waals surface area contributed by atoms with E-state index in [1.165, 1.54) is 10.8 Å². The highest BCUT2D eigenvalue weighted by Gasteiger charge is 2.12. The molecule has 0 bridgehead atoms. The number of anilines is 1. The smallest absolute Gasteiger partial charge is 0.298 e. The molecule has 1 amide bonds. The standard InChI is InChI=1S/C20H19N3O3/c1-3-26-17-9-7-16(8-10-17)23-12-11-21-18(20(23)25)22-19(24)15-6-4-5-14(2)13-15/h4-13H,3H2,1-2H3,(H,21,22,24). The van der Waals surface area contributed by atoms with Crippen LogP contribution in [0.1, 0.15) is 22.8 Å². The number of nitrogens with zero attached hydrogens (tertiary/aromatic N) is 2. The first kappa shape index (κ1) is 17.4. The molecular formula is C20H19N3O3. The first-order valence-corrected chi connectivity index (χ1v) is 8.27. The number of benzene rings is 2. The van der Waals surface area contributed by atoms with Crippen LogP contribution in [0, 0.1) is 6.92 Å². The summed E-state index contributed by atoms with van der Waals surface area (Å²) in [5, 5.41) is 2.59. The second-order valence-electron chi connectivity index (χ2n) is 5.70. The first-order valence-electron chi connectivity index (χ1n) is 8.27. The minimum atomic E-state index is -0.405. The minimum absolute atomic E-state index is 0.0205. The summed E-state index contributed by atoms with van der Waals surface area (Å²) in [7, 11) is 0. The molecule has 0 aliphatic carbocycles. The zero-order valence-electron chi connectivity index (χ0n) is 14.6. The number of amides is 1. The molecule has 132 valence electrons. The SMILES string of the molecule is CCOc1ccc(-n2ccnc(NC(=O)c3cccc(C)c3)c2=O)cc1. The fraction of sp³-hybridized carbons (Fsp3) is 0.150. The van der Waals surface area contributed by atoms with Gasteiger partial charge in [0.2, 0.25) is 0 Å². The van der Waals surface area contributed by atoms with Gasteiger partial charge in [-0.25, -0.2) is 4.98 Å². The van der Waals surface area contributed by atoms with Crippen molar-refractivity contribution in [1.82, 2.24) is 9.55 Å². The lowest BCUT2D eigenvalue weighted by Crippen LogP contribution is -2.26. The zero-order valence-corrected chi connectivity index (χ0v) is 14.6. The van der Waals surface area contributed by atoms with Gasteiger partial charge in [0, 0.05) is 23.6 Å². The molecule has 0 saturated carbocycles. The molecule has 26 heavy (non-hydrogen) atoms. The molecule has 0 aliphatic rings. The summed E-state index contributed by atoms with van der Waals surface area (Å²) in [6.45, 7) is 4.38. The normalized spacial score (nSPS) is 10.4. The van der Waals surface area contributed by atoms with Crippen molar-refractivity contribution < 1.29 is 9.53 Å². The molecule has 3 rings (SSSR count). The van der Waals surface area contributed by atoms with Crippen LogP contribution in [0.15, 0.2) is 65.7 Å². The van der Waals surface area contributed by atoms with Crippen molar-refractivity contribution in [2.75, 3.05) is 11.9 Å². The van der Waals surface area contributed by atoms with Gasteiger partial charge in [0.05, 0.1) is 6.61 Å². The van der Waals surface area contributed by atoms with E-state index >= 15 is 0 Å². The van der Waals surface area contributed by atoms with Crippen molar-refractivity contribution in [3.05, 3.63) is 82.4 Å². The third-order valence-electron chi connectivity index (χ3n) is 3.78. The average molecular weight is 349 g/mol. The van der Waals surface area contributed by atoms with E-state index < -0.39 is 5.56 Å². The molecule has 0 atom stereocenters. The van der Waals surface area contributed by atoms with Gasteiger partial charge in [-0.05, 0) is 50.2 Å². The maximum Gasteiger partial charge on any atom is 0.298 e. The zero-order chi connectivity index (χ0) is 18.5. The Hall–Kier alpha value is -3.41. The van der Waals surface area contributed by atoms with Crippen LogP contribution in [0.4, 0.5) is 5.82 Å². The highest BCUT2D eigenvalue weighted by atomic mass is 16.5. The second kappa shape index (κ2) is 7.65. The quantitative estimate of drug-likeness (QED) is 0.768. The van der Waals surface area contributed by atoms with E-state index in [2.05, 4.69) is 10.3 Å². The van der Waals surface area contributed by atoms with Crippen molar-refractivity contribution in [2.45, 2.75) is 13.8 Å². The van der Waals surface area contributed by atoms with E-state index in [4.69, 9.17) is 4.74 Å². The van der Waals surface area contributed by atoms with Crippen LogP contribution in [-0.4, -0.2) is 22.1 Å². The molecule has 0 saturated heterocycles. The van der Waals surface area contributed by atoms with Crippen LogP contribution in [0.3, 0.4) is 0 Å². The summed E-state index contributed by atoms with van der Waals surface area (Å²) < 4.78 is 6.83. The fourth-order valence-electron chi connectivity index (χ4n) is 2.54. The lowest BCUT2D eigenvalue weighted by Gasteiger charge is -2.10. The van der Waals surface area contributed by atoms with Crippen LogP contribution < -0.4 is 15.6 Å². The summed E-state index contributed by atoms with van der Waals surface area (Å²) in [5.41, 5.74) is 1.69. The van der Waals surface area contributed by atoms with Gasteiger partial charge in [0.25, 0.3) is 11.5 Å². The van der Waals surface area contributed by atoms with Crippen molar-refractivity contribution in [2.24, 2.45) is 0 Å². The van der Waals surface area contributed by atoms with E-state index in [0.29, 0.717) is 17.9 Å². The van der Waals surface area contributed by atoms with Crippen molar-refractivity contribution in [3.8, 4) is 11.4 Å². The summed E-state index contributed by atoms with van der Waals surface area (Å²) >= 11 is 0. The fourth-order valence-corrected chi connectivity index (χ4v) is 2.54. The van der Waals surface area contributed by atoms with E-state index in [-0.39, 0.29) is 11.7 Å². The number of carbonyl (C=O) groups is 1. The van der Waals surface area contributed by atoms with Crippen LogP contribution >= 0.6 is 0 Å². The molecule has 1 N–H and O–H groups in total. The Morgan fingerprint density at radius 1 is 1.19 bits per heavy atom. The Labute approximate surface area is 151 Å². The Balaban J connectivity index is 1.87. The molecule has 3 aromatic rings. The Kier molecular flexibility index (Phi) is 5.12. The van der Waals surface area contributed by atoms with Crippen LogP contribution in [0.5, 0.6) is 5.75 Å². The second-order valence-corrected chi connectivity index (χ2v) is 5.70. The summed E-state index contributed by atoms with van der Waals surface area (Å²) in [6, 6.07) is 14.3. The van der Waals surface area contributed by atoms with Crippen LogP contribution in [-0.2, 0) is 0 Å². The predicted molar refractivity (Wildman–Crippen MR) is 100 cm³/mol. The van der Waals surface area contributed by atoms with Gasteiger partial charge in [-0.2, -0.15) is 0 Å². The number of rotatable bonds is 5. The van der Waals surface area contributed by atoms with Gasteiger partial charge in [-0.3, -0.25) is 14.2 Å². The molecule has 2 aromatic carbocycles. The van der Waals surface area contributed by atoms with Crippen LogP contribution in [0.25, 0.3) is 5.69 Å². The van der Waals surface area contributed by atoms with Gasteiger partial charge in [-0.1, -0.05) is 17.7 Å². The predicted octanol–water partition coefficient (Wildman–Crippen LogP) is 3.19. The van der Waals surface area contributed by atoms with Gasteiger partial charge in [0.15, 0.2) is 5.82 Å². The number of carbonyl (C=O) groups excluding carboxylic acids is 1. The van der Waals surface area contributed by atoms with E-state index in [1.807, 2.05) is 19.9 Å². The number of hydrogen-bond acceptors (Lipinski definition) is 4. The summed E-state index contributed by atoms with van der Waals surface area (Å²) in [5.74, 6) is 0.335. The number of ether oxygens (including phenoxy) is 1. The highest BCUT2D eigenvalue weighted by molar-refractivity contribution is 6.03. The minimum Gasteiger partial charge on any atom is -0.494 e. The average Bonchev–Trinajstić information content (AvgIpc) is 2.64. The molecule has 6 heteroatoms.